The summed E-state index contributed by atoms with van der Waals surface area (Å²) in [5.41, 5.74) is 0.394. The fourth-order valence-electron chi connectivity index (χ4n) is 1.61. The van der Waals surface area contributed by atoms with E-state index >= 15 is 0 Å². The molecule has 14 heavy (non-hydrogen) atoms. The molecule has 0 saturated carbocycles. The second-order valence-electron chi connectivity index (χ2n) is 5.37. The molecule has 0 radical (unpaired) electrons. The van der Waals surface area contributed by atoms with Crippen LogP contribution in [0, 0.1) is 5.41 Å². The highest BCUT2D eigenvalue weighted by molar-refractivity contribution is 4.68. The molecule has 1 nitrogen and oxygen atoms in total. The highest BCUT2D eigenvalue weighted by Crippen LogP contribution is 2.23. The molecule has 1 unspecified atom stereocenters. The summed E-state index contributed by atoms with van der Waals surface area (Å²) in [6, 6.07) is 0. The molecule has 0 bridgehead atoms. The van der Waals surface area contributed by atoms with E-state index in [0.717, 1.165) is 13.0 Å². The molecule has 0 amide bonds. The van der Waals surface area contributed by atoms with Gasteiger partial charge in [0.2, 0.25) is 0 Å². The summed E-state index contributed by atoms with van der Waals surface area (Å²) in [4.78, 5) is 0. The van der Waals surface area contributed by atoms with E-state index in [1.54, 1.807) is 0 Å². The molecular weight excluding hydrogens is 172 g/mol. The minimum absolute atomic E-state index is 0.394. The molecule has 0 spiro atoms. The van der Waals surface area contributed by atoms with Gasteiger partial charge in [-0.1, -0.05) is 47.5 Å². The van der Waals surface area contributed by atoms with Crippen LogP contribution in [0.3, 0.4) is 0 Å². The predicted molar refractivity (Wildman–Crippen MR) is 63.6 cm³/mol. The molecule has 0 aliphatic carbocycles. The van der Waals surface area contributed by atoms with Gasteiger partial charge in [-0.15, -0.1) is 0 Å². The fraction of sp³-hybridized carbons (Fsp3) is 1.00. The maximum absolute atomic E-state index is 5.87. The van der Waals surface area contributed by atoms with Crippen LogP contribution in [0.2, 0.25) is 0 Å². The molecular formula is C13H28O. The van der Waals surface area contributed by atoms with Crippen LogP contribution in [0.15, 0.2) is 0 Å². The van der Waals surface area contributed by atoms with E-state index in [1.807, 2.05) is 0 Å². The zero-order chi connectivity index (χ0) is 11.0. The van der Waals surface area contributed by atoms with Gasteiger partial charge in [0.15, 0.2) is 0 Å². The third-order valence-electron chi connectivity index (χ3n) is 2.40. The van der Waals surface area contributed by atoms with Gasteiger partial charge in [-0.2, -0.15) is 0 Å². The largest absolute Gasteiger partial charge is 0.378 e. The van der Waals surface area contributed by atoms with Crippen molar-refractivity contribution in [2.75, 3.05) is 6.61 Å². The fourth-order valence-corrected chi connectivity index (χ4v) is 1.61. The lowest BCUT2D eigenvalue weighted by atomic mass is 9.88. The molecule has 0 aliphatic heterocycles. The first-order valence-corrected chi connectivity index (χ1v) is 6.11. The standard InChI is InChI=1S/C13H28O/c1-6-8-9-10-14-12(7-2)11-13(3,4)5/h12H,6-11H2,1-5H3. The van der Waals surface area contributed by atoms with E-state index in [4.69, 9.17) is 4.74 Å². The second kappa shape index (κ2) is 7.28. The molecule has 1 heteroatoms. The van der Waals surface area contributed by atoms with Gasteiger partial charge >= 0.3 is 0 Å². The number of rotatable bonds is 7. The van der Waals surface area contributed by atoms with Crippen LogP contribution in [0.1, 0.15) is 66.7 Å². The van der Waals surface area contributed by atoms with Gasteiger partial charge in [0.05, 0.1) is 6.10 Å². The van der Waals surface area contributed by atoms with Gasteiger partial charge in [-0.05, 0) is 24.7 Å². The van der Waals surface area contributed by atoms with Crippen molar-refractivity contribution in [3.63, 3.8) is 0 Å². The number of hydrogen-bond donors (Lipinski definition) is 0. The van der Waals surface area contributed by atoms with Crippen LogP contribution >= 0.6 is 0 Å². The first-order chi connectivity index (χ1) is 6.49. The Kier molecular flexibility index (Phi) is 7.26. The van der Waals surface area contributed by atoms with E-state index in [2.05, 4.69) is 34.6 Å². The normalized spacial score (nSPS) is 14.4. The number of unbranched alkanes of at least 4 members (excludes halogenated alkanes) is 2. The Morgan fingerprint density at radius 2 is 1.71 bits per heavy atom. The molecule has 0 aromatic rings. The summed E-state index contributed by atoms with van der Waals surface area (Å²) < 4.78 is 5.87. The van der Waals surface area contributed by atoms with Gasteiger partial charge in [-0.3, -0.25) is 0 Å². The topological polar surface area (TPSA) is 9.23 Å². The minimum Gasteiger partial charge on any atom is -0.378 e. The van der Waals surface area contributed by atoms with Crippen molar-refractivity contribution in [3.05, 3.63) is 0 Å². The van der Waals surface area contributed by atoms with Crippen LogP contribution in [0.25, 0.3) is 0 Å². The third kappa shape index (κ3) is 8.55. The first kappa shape index (κ1) is 14.0. The van der Waals surface area contributed by atoms with E-state index in [1.165, 1.54) is 25.7 Å². The summed E-state index contributed by atoms with van der Waals surface area (Å²) >= 11 is 0. The maximum atomic E-state index is 5.87. The molecule has 0 aromatic heterocycles. The Hall–Kier alpha value is -0.0400. The molecule has 0 fully saturated rings. The molecule has 0 heterocycles. The summed E-state index contributed by atoms with van der Waals surface area (Å²) in [6.45, 7) is 12.2. The summed E-state index contributed by atoms with van der Waals surface area (Å²) in [5, 5.41) is 0. The lowest BCUT2D eigenvalue weighted by molar-refractivity contribution is 0.0216. The Bertz CT molecular complexity index is 124. The SMILES string of the molecule is CCCCCOC(CC)CC(C)(C)C. The number of ether oxygens (including phenoxy) is 1. The molecule has 0 N–H and O–H groups in total. The predicted octanol–water partition coefficient (Wildman–Crippen LogP) is 4.41. The third-order valence-corrected chi connectivity index (χ3v) is 2.40. The van der Waals surface area contributed by atoms with E-state index in [0.29, 0.717) is 11.5 Å². The Morgan fingerprint density at radius 1 is 1.07 bits per heavy atom. The molecule has 0 aliphatic rings. The Morgan fingerprint density at radius 3 is 2.14 bits per heavy atom. The van der Waals surface area contributed by atoms with Crippen molar-refractivity contribution in [1.29, 1.82) is 0 Å². The summed E-state index contributed by atoms with van der Waals surface area (Å²) in [5.74, 6) is 0. The molecule has 1 atom stereocenters. The van der Waals surface area contributed by atoms with E-state index in [-0.39, 0.29) is 0 Å². The van der Waals surface area contributed by atoms with Gasteiger partial charge in [-0.25, -0.2) is 0 Å². The van der Waals surface area contributed by atoms with E-state index < -0.39 is 0 Å². The maximum Gasteiger partial charge on any atom is 0.0577 e. The van der Waals surface area contributed by atoms with Crippen LogP contribution < -0.4 is 0 Å². The van der Waals surface area contributed by atoms with Crippen molar-refractivity contribution in [2.45, 2.75) is 72.8 Å². The van der Waals surface area contributed by atoms with Crippen molar-refractivity contribution < 1.29 is 4.74 Å². The molecule has 0 aromatic carbocycles. The zero-order valence-corrected chi connectivity index (χ0v) is 10.7. The molecule has 0 saturated heterocycles. The second-order valence-corrected chi connectivity index (χ2v) is 5.37. The van der Waals surface area contributed by atoms with Gasteiger partial charge in [0.1, 0.15) is 0 Å². The molecule has 0 rings (SSSR count). The van der Waals surface area contributed by atoms with E-state index in [9.17, 15) is 0 Å². The van der Waals surface area contributed by atoms with Crippen molar-refractivity contribution in [3.8, 4) is 0 Å². The molecule has 86 valence electrons. The monoisotopic (exact) mass is 200 g/mol. The highest BCUT2D eigenvalue weighted by Gasteiger charge is 2.17. The number of hydrogen-bond acceptors (Lipinski definition) is 1. The van der Waals surface area contributed by atoms with Gasteiger partial charge in [0.25, 0.3) is 0 Å². The Labute approximate surface area is 90.2 Å². The quantitative estimate of drug-likeness (QED) is 0.553. The van der Waals surface area contributed by atoms with Crippen LogP contribution in [0.5, 0.6) is 0 Å². The lowest BCUT2D eigenvalue weighted by Crippen LogP contribution is -2.20. The lowest BCUT2D eigenvalue weighted by Gasteiger charge is -2.25. The Balaban J connectivity index is 3.58. The minimum atomic E-state index is 0.394. The smallest absolute Gasteiger partial charge is 0.0577 e. The van der Waals surface area contributed by atoms with Gasteiger partial charge < -0.3 is 4.74 Å². The van der Waals surface area contributed by atoms with Crippen molar-refractivity contribution >= 4 is 0 Å². The van der Waals surface area contributed by atoms with Crippen molar-refractivity contribution in [1.82, 2.24) is 0 Å². The van der Waals surface area contributed by atoms with Crippen LogP contribution in [-0.2, 0) is 4.74 Å². The highest BCUT2D eigenvalue weighted by atomic mass is 16.5. The first-order valence-electron chi connectivity index (χ1n) is 6.11. The van der Waals surface area contributed by atoms with Crippen molar-refractivity contribution in [2.24, 2.45) is 5.41 Å². The van der Waals surface area contributed by atoms with Gasteiger partial charge in [0, 0.05) is 6.61 Å². The summed E-state index contributed by atoms with van der Waals surface area (Å²) in [7, 11) is 0. The summed E-state index contributed by atoms with van der Waals surface area (Å²) in [6.07, 6.45) is 6.58. The average molecular weight is 200 g/mol. The van der Waals surface area contributed by atoms with Crippen LogP contribution in [0.4, 0.5) is 0 Å². The zero-order valence-electron chi connectivity index (χ0n) is 10.7. The van der Waals surface area contributed by atoms with Crippen LogP contribution in [-0.4, -0.2) is 12.7 Å². The average Bonchev–Trinajstić information content (AvgIpc) is 2.08.